The Balaban J connectivity index is 1.85. The second-order valence-electron chi connectivity index (χ2n) is 8.13. The quantitative estimate of drug-likeness (QED) is 0.814. The highest BCUT2D eigenvalue weighted by Gasteiger charge is 2.44. The smallest absolute Gasteiger partial charge is 0.407 e. The lowest BCUT2D eigenvalue weighted by molar-refractivity contribution is -0.0481. The van der Waals surface area contributed by atoms with Crippen molar-refractivity contribution in [3.05, 3.63) is 0 Å². The molecule has 3 unspecified atom stereocenters. The zero-order chi connectivity index (χ0) is 17.0. The molecule has 0 aromatic carbocycles. The van der Waals surface area contributed by atoms with Crippen molar-refractivity contribution in [2.45, 2.75) is 96.6 Å². The van der Waals surface area contributed by atoms with Crippen molar-refractivity contribution in [1.82, 2.24) is 10.6 Å². The molecule has 2 fully saturated rings. The van der Waals surface area contributed by atoms with Crippen molar-refractivity contribution in [1.29, 1.82) is 0 Å². The van der Waals surface area contributed by atoms with Gasteiger partial charge in [0.15, 0.2) is 0 Å². The average molecular weight is 326 g/mol. The molecule has 1 amide bonds. The Hall–Kier alpha value is -0.810. The van der Waals surface area contributed by atoms with Gasteiger partial charge in [0.25, 0.3) is 0 Å². The van der Waals surface area contributed by atoms with Gasteiger partial charge in [-0.2, -0.15) is 0 Å². The Bertz CT molecular complexity index is 386. The summed E-state index contributed by atoms with van der Waals surface area (Å²) in [4.78, 5) is 12.0. The van der Waals surface area contributed by atoms with E-state index in [0.29, 0.717) is 12.6 Å². The number of amides is 1. The van der Waals surface area contributed by atoms with Gasteiger partial charge in [-0.3, -0.25) is 0 Å². The molecular formula is C18H34N2O3. The maximum Gasteiger partial charge on any atom is 0.407 e. The third kappa shape index (κ3) is 5.64. The largest absolute Gasteiger partial charge is 0.444 e. The molecule has 5 nitrogen and oxygen atoms in total. The lowest BCUT2D eigenvalue weighted by Crippen LogP contribution is -2.67. The summed E-state index contributed by atoms with van der Waals surface area (Å²) in [6.07, 6.45) is 5.72. The summed E-state index contributed by atoms with van der Waals surface area (Å²) >= 11 is 0. The molecule has 0 radical (unpaired) electrons. The van der Waals surface area contributed by atoms with Crippen molar-refractivity contribution in [3.63, 3.8) is 0 Å². The number of carbonyl (C=O) groups is 1. The van der Waals surface area contributed by atoms with Crippen LogP contribution in [0.1, 0.15) is 66.7 Å². The lowest BCUT2D eigenvalue weighted by atomic mass is 9.80. The fourth-order valence-corrected chi connectivity index (χ4v) is 3.52. The van der Waals surface area contributed by atoms with Gasteiger partial charge in [-0.15, -0.1) is 0 Å². The van der Waals surface area contributed by atoms with Crippen LogP contribution in [0.15, 0.2) is 0 Å². The Morgan fingerprint density at radius 1 is 1.17 bits per heavy atom. The van der Waals surface area contributed by atoms with Crippen molar-refractivity contribution in [3.8, 4) is 0 Å². The van der Waals surface area contributed by atoms with E-state index < -0.39 is 5.60 Å². The lowest BCUT2D eigenvalue weighted by Gasteiger charge is -2.47. The van der Waals surface area contributed by atoms with E-state index in [1.807, 2.05) is 27.7 Å². The van der Waals surface area contributed by atoms with E-state index in [1.54, 1.807) is 0 Å². The van der Waals surface area contributed by atoms with Crippen molar-refractivity contribution < 1.29 is 14.3 Å². The zero-order valence-corrected chi connectivity index (χ0v) is 15.4. The van der Waals surface area contributed by atoms with Gasteiger partial charge in [0, 0.05) is 12.6 Å². The molecule has 0 heterocycles. The number of carbonyl (C=O) groups excluding carboxylic acids is 1. The Morgan fingerprint density at radius 2 is 1.83 bits per heavy atom. The summed E-state index contributed by atoms with van der Waals surface area (Å²) in [7, 11) is 0. The molecule has 0 aromatic heterocycles. The molecule has 5 heteroatoms. The van der Waals surface area contributed by atoms with Gasteiger partial charge in [0.1, 0.15) is 5.60 Å². The van der Waals surface area contributed by atoms with Crippen LogP contribution in [0.5, 0.6) is 0 Å². The van der Waals surface area contributed by atoms with Gasteiger partial charge in [0.05, 0.1) is 18.2 Å². The number of rotatable bonds is 5. The van der Waals surface area contributed by atoms with Crippen LogP contribution in [0.25, 0.3) is 0 Å². The van der Waals surface area contributed by atoms with E-state index in [1.165, 1.54) is 25.7 Å². The van der Waals surface area contributed by atoms with Gasteiger partial charge >= 0.3 is 6.09 Å². The van der Waals surface area contributed by atoms with Crippen LogP contribution in [0.4, 0.5) is 4.79 Å². The molecule has 23 heavy (non-hydrogen) atoms. The molecule has 2 saturated carbocycles. The molecule has 2 aliphatic carbocycles. The van der Waals surface area contributed by atoms with Crippen LogP contribution < -0.4 is 10.6 Å². The van der Waals surface area contributed by atoms with Gasteiger partial charge < -0.3 is 20.1 Å². The fraction of sp³-hybridized carbons (Fsp3) is 0.944. The number of nitrogens with one attached hydrogen (secondary N) is 2. The molecule has 134 valence electrons. The highest BCUT2D eigenvalue weighted by molar-refractivity contribution is 5.68. The van der Waals surface area contributed by atoms with Gasteiger partial charge in [-0.05, 0) is 65.7 Å². The zero-order valence-electron chi connectivity index (χ0n) is 15.4. The van der Waals surface area contributed by atoms with Crippen molar-refractivity contribution >= 4 is 6.09 Å². The first kappa shape index (κ1) is 18.5. The minimum atomic E-state index is -0.463. The van der Waals surface area contributed by atoms with Crippen LogP contribution in [0.2, 0.25) is 0 Å². The van der Waals surface area contributed by atoms with Crippen LogP contribution >= 0.6 is 0 Å². The van der Waals surface area contributed by atoms with E-state index in [0.717, 1.165) is 12.3 Å². The third-order valence-electron chi connectivity index (χ3n) is 4.85. The van der Waals surface area contributed by atoms with Crippen molar-refractivity contribution in [2.24, 2.45) is 5.92 Å². The normalized spacial score (nSPS) is 34.6. The highest BCUT2D eigenvalue weighted by atomic mass is 16.6. The summed E-state index contributed by atoms with van der Waals surface area (Å²) in [5, 5.41) is 6.74. The molecule has 0 bridgehead atoms. The van der Waals surface area contributed by atoms with Crippen LogP contribution in [-0.4, -0.2) is 42.5 Å². The first-order valence-corrected chi connectivity index (χ1v) is 9.15. The fourth-order valence-electron chi connectivity index (χ4n) is 3.52. The van der Waals surface area contributed by atoms with E-state index in [9.17, 15) is 4.79 Å². The van der Waals surface area contributed by atoms with Crippen LogP contribution in [0, 0.1) is 5.92 Å². The number of alkyl carbamates (subject to hydrolysis) is 1. The third-order valence-corrected chi connectivity index (χ3v) is 4.85. The highest BCUT2D eigenvalue weighted by Crippen LogP contribution is 2.29. The first-order chi connectivity index (χ1) is 10.8. The molecule has 0 spiro atoms. The van der Waals surface area contributed by atoms with E-state index in [-0.39, 0.29) is 24.3 Å². The van der Waals surface area contributed by atoms with Crippen LogP contribution in [-0.2, 0) is 9.47 Å². The molecule has 0 aromatic rings. The second-order valence-corrected chi connectivity index (χ2v) is 8.13. The van der Waals surface area contributed by atoms with Gasteiger partial charge in [0.2, 0.25) is 0 Å². The number of ether oxygens (including phenoxy) is 2. The monoisotopic (exact) mass is 326 g/mol. The average Bonchev–Trinajstić information content (AvgIpc) is 2.43. The maximum atomic E-state index is 12.0. The Kier molecular flexibility index (Phi) is 6.32. The van der Waals surface area contributed by atoms with E-state index in [4.69, 9.17) is 9.47 Å². The van der Waals surface area contributed by atoms with E-state index >= 15 is 0 Å². The SMILES string of the molecule is CCOC1CC(NC(=O)OC(C)(C)C)C1NC1CCC(C)CC1. The molecule has 2 rings (SSSR count). The first-order valence-electron chi connectivity index (χ1n) is 9.15. The topological polar surface area (TPSA) is 59.6 Å². The predicted octanol–water partition coefficient (Wildman–Crippen LogP) is 3.23. The standard InChI is InChI=1S/C18H34N2O3/c1-6-22-15-11-14(20-17(21)23-18(3,4)5)16(15)19-13-9-7-12(2)8-10-13/h12-16,19H,6-11H2,1-5H3,(H,20,21). The Labute approximate surface area is 140 Å². The number of hydrogen-bond donors (Lipinski definition) is 2. The molecule has 3 atom stereocenters. The predicted molar refractivity (Wildman–Crippen MR) is 91.5 cm³/mol. The summed E-state index contributed by atoms with van der Waals surface area (Å²) in [6, 6.07) is 0.837. The number of hydrogen-bond acceptors (Lipinski definition) is 4. The molecule has 2 aliphatic rings. The summed E-state index contributed by atoms with van der Waals surface area (Å²) < 4.78 is 11.2. The molecule has 0 aliphatic heterocycles. The Morgan fingerprint density at radius 3 is 2.39 bits per heavy atom. The minimum Gasteiger partial charge on any atom is -0.444 e. The second kappa shape index (κ2) is 7.84. The summed E-state index contributed by atoms with van der Waals surface area (Å²) in [5.41, 5.74) is -0.463. The maximum absolute atomic E-state index is 12.0. The van der Waals surface area contributed by atoms with E-state index in [2.05, 4.69) is 17.6 Å². The van der Waals surface area contributed by atoms with Gasteiger partial charge in [-0.1, -0.05) is 6.92 Å². The van der Waals surface area contributed by atoms with Gasteiger partial charge in [-0.25, -0.2) is 4.79 Å². The van der Waals surface area contributed by atoms with Crippen molar-refractivity contribution in [2.75, 3.05) is 6.61 Å². The minimum absolute atomic E-state index is 0.0979. The summed E-state index contributed by atoms with van der Waals surface area (Å²) in [6.45, 7) is 10.7. The summed E-state index contributed by atoms with van der Waals surface area (Å²) in [5.74, 6) is 0.841. The molecular weight excluding hydrogens is 292 g/mol. The van der Waals surface area contributed by atoms with Crippen LogP contribution in [0.3, 0.4) is 0 Å². The molecule has 2 N–H and O–H groups in total. The molecule has 0 saturated heterocycles.